The number of benzene rings is 2. The summed E-state index contributed by atoms with van der Waals surface area (Å²) in [5.74, 6) is -0.988. The van der Waals surface area contributed by atoms with Gasteiger partial charge in [0.1, 0.15) is 5.82 Å². The van der Waals surface area contributed by atoms with E-state index >= 15 is 0 Å². The summed E-state index contributed by atoms with van der Waals surface area (Å²) < 4.78 is 66.9. The molecule has 0 unspecified atom stereocenters. The van der Waals surface area contributed by atoms with E-state index in [9.17, 15) is 26.0 Å². The number of hydrogen-bond acceptors (Lipinski definition) is 5. The zero-order chi connectivity index (χ0) is 24.2. The van der Waals surface area contributed by atoms with Crippen molar-refractivity contribution >= 4 is 31.6 Å². The molecule has 2 aromatic rings. The molecule has 33 heavy (non-hydrogen) atoms. The van der Waals surface area contributed by atoms with Gasteiger partial charge in [-0.3, -0.25) is 4.79 Å². The molecule has 0 bridgehead atoms. The Balaban J connectivity index is 1.65. The fourth-order valence-corrected chi connectivity index (χ4v) is 6.71. The second-order valence-corrected chi connectivity index (χ2v) is 11.6. The predicted molar refractivity (Wildman–Crippen MR) is 123 cm³/mol. The molecule has 1 amide bonds. The molecule has 1 heterocycles. The van der Waals surface area contributed by atoms with Crippen LogP contribution in [0.15, 0.2) is 58.3 Å². The second-order valence-electron chi connectivity index (χ2n) is 7.74. The van der Waals surface area contributed by atoms with Crippen LogP contribution in [0.5, 0.6) is 0 Å². The van der Waals surface area contributed by atoms with Gasteiger partial charge in [0.2, 0.25) is 26.0 Å². The van der Waals surface area contributed by atoms with Gasteiger partial charge in [0.25, 0.3) is 0 Å². The number of nitrogens with one attached hydrogen (secondary N) is 1. The molecule has 1 aliphatic heterocycles. The fourth-order valence-electron chi connectivity index (χ4n) is 3.78. The lowest BCUT2D eigenvalue weighted by Crippen LogP contribution is -2.41. The number of carbonyl (C=O) groups excluding carboxylic acids is 1. The standard InChI is InChI=1S/C22H28FN3O5S2/c1-3-25(4-2)32(28,29)20-9-11-21(12-10-20)33(30,31)26-15-13-17(14-16-26)22(27)24-19-7-5-18(23)6-8-19/h5-12,17H,3-4,13-16H2,1-2H3,(H,24,27). The van der Waals surface area contributed by atoms with Gasteiger partial charge in [-0.2, -0.15) is 8.61 Å². The van der Waals surface area contributed by atoms with Crippen LogP contribution in [0.2, 0.25) is 0 Å². The number of anilines is 1. The fraction of sp³-hybridized carbons (Fsp3) is 0.409. The van der Waals surface area contributed by atoms with Crippen LogP contribution in [0.25, 0.3) is 0 Å². The third-order valence-corrected chi connectivity index (χ3v) is 9.72. The Morgan fingerprint density at radius 3 is 1.97 bits per heavy atom. The number of amides is 1. The Bertz CT molecular complexity index is 1170. The maximum Gasteiger partial charge on any atom is 0.243 e. The van der Waals surface area contributed by atoms with E-state index in [0.29, 0.717) is 31.6 Å². The van der Waals surface area contributed by atoms with Crippen molar-refractivity contribution in [2.24, 2.45) is 5.92 Å². The summed E-state index contributed by atoms with van der Waals surface area (Å²) in [6.07, 6.45) is 0.696. The largest absolute Gasteiger partial charge is 0.326 e. The van der Waals surface area contributed by atoms with Gasteiger partial charge < -0.3 is 5.32 Å². The minimum absolute atomic E-state index is 0.00945. The van der Waals surface area contributed by atoms with Crippen LogP contribution in [0.1, 0.15) is 26.7 Å². The van der Waals surface area contributed by atoms with E-state index in [1.807, 2.05) is 0 Å². The van der Waals surface area contributed by atoms with E-state index in [1.54, 1.807) is 13.8 Å². The molecule has 3 rings (SSSR count). The van der Waals surface area contributed by atoms with Gasteiger partial charge in [0, 0.05) is 37.8 Å². The SMILES string of the molecule is CCN(CC)S(=O)(=O)c1ccc(S(=O)(=O)N2CCC(C(=O)Nc3ccc(F)cc3)CC2)cc1. The average molecular weight is 498 g/mol. The first-order chi connectivity index (χ1) is 15.6. The van der Waals surface area contributed by atoms with Crippen molar-refractivity contribution in [2.75, 3.05) is 31.5 Å². The summed E-state index contributed by atoms with van der Waals surface area (Å²) in [6.45, 7) is 4.46. The van der Waals surface area contributed by atoms with Crippen LogP contribution in [-0.2, 0) is 24.8 Å². The molecule has 0 spiro atoms. The lowest BCUT2D eigenvalue weighted by atomic mass is 9.97. The van der Waals surface area contributed by atoms with Gasteiger partial charge in [0.05, 0.1) is 9.79 Å². The zero-order valence-corrected chi connectivity index (χ0v) is 20.2. The quantitative estimate of drug-likeness (QED) is 0.604. The number of piperidine rings is 1. The monoisotopic (exact) mass is 497 g/mol. The predicted octanol–water partition coefficient (Wildman–Crippen LogP) is 2.90. The van der Waals surface area contributed by atoms with Gasteiger partial charge >= 0.3 is 0 Å². The number of carbonyl (C=O) groups is 1. The number of sulfonamides is 2. The molecule has 11 heteroatoms. The van der Waals surface area contributed by atoms with E-state index in [2.05, 4.69) is 5.32 Å². The Morgan fingerprint density at radius 1 is 0.939 bits per heavy atom. The minimum atomic E-state index is -3.82. The number of halogens is 1. The molecule has 0 radical (unpaired) electrons. The second kappa shape index (κ2) is 10.3. The van der Waals surface area contributed by atoms with E-state index in [4.69, 9.17) is 0 Å². The maximum atomic E-state index is 13.0. The molecule has 1 fully saturated rings. The third-order valence-electron chi connectivity index (χ3n) is 5.74. The van der Waals surface area contributed by atoms with E-state index in [1.165, 1.54) is 57.1 Å². The molecule has 1 N–H and O–H groups in total. The molecule has 2 aromatic carbocycles. The molecule has 180 valence electrons. The molecule has 1 aliphatic rings. The summed E-state index contributed by atoms with van der Waals surface area (Å²) >= 11 is 0. The highest BCUT2D eigenvalue weighted by Gasteiger charge is 2.32. The Morgan fingerprint density at radius 2 is 1.45 bits per heavy atom. The van der Waals surface area contributed by atoms with Gasteiger partial charge in [-0.25, -0.2) is 21.2 Å². The summed E-state index contributed by atoms with van der Waals surface area (Å²) in [4.78, 5) is 12.5. The highest BCUT2D eigenvalue weighted by Crippen LogP contribution is 2.26. The van der Waals surface area contributed by atoms with E-state index in [-0.39, 0.29) is 34.7 Å². The molecule has 0 aliphatic carbocycles. The van der Waals surface area contributed by atoms with Crippen LogP contribution in [0.4, 0.5) is 10.1 Å². The van der Waals surface area contributed by atoms with Gasteiger partial charge in [-0.15, -0.1) is 0 Å². The Kier molecular flexibility index (Phi) is 7.88. The Hall–Kier alpha value is -2.34. The first kappa shape index (κ1) is 25.3. The van der Waals surface area contributed by atoms with E-state index in [0.717, 1.165) is 0 Å². The number of rotatable bonds is 8. The highest BCUT2D eigenvalue weighted by atomic mass is 32.2. The first-order valence-electron chi connectivity index (χ1n) is 10.8. The average Bonchev–Trinajstić information content (AvgIpc) is 2.81. The topological polar surface area (TPSA) is 104 Å². The van der Waals surface area contributed by atoms with Crippen LogP contribution in [-0.4, -0.2) is 57.5 Å². The molecule has 1 saturated heterocycles. The molecule has 8 nitrogen and oxygen atoms in total. The number of hydrogen-bond donors (Lipinski definition) is 1. The van der Waals surface area contributed by atoms with Gasteiger partial charge in [-0.1, -0.05) is 13.8 Å². The normalized spacial score (nSPS) is 16.1. The Labute approximate surface area is 194 Å². The smallest absolute Gasteiger partial charge is 0.243 e. The van der Waals surface area contributed by atoms with Crippen LogP contribution in [0, 0.1) is 11.7 Å². The van der Waals surface area contributed by atoms with Gasteiger partial charge in [0.15, 0.2) is 0 Å². The lowest BCUT2D eigenvalue weighted by Gasteiger charge is -2.30. The summed E-state index contributed by atoms with van der Waals surface area (Å²) in [7, 11) is -7.49. The molecular formula is C22H28FN3O5S2. The van der Waals surface area contributed by atoms with Crippen molar-refractivity contribution in [3.05, 3.63) is 54.3 Å². The van der Waals surface area contributed by atoms with Crippen molar-refractivity contribution in [2.45, 2.75) is 36.5 Å². The third kappa shape index (κ3) is 5.60. The van der Waals surface area contributed by atoms with Crippen molar-refractivity contribution in [1.29, 1.82) is 0 Å². The van der Waals surface area contributed by atoms with Crippen molar-refractivity contribution in [3.63, 3.8) is 0 Å². The summed E-state index contributed by atoms with van der Waals surface area (Å²) in [5, 5.41) is 2.73. The van der Waals surface area contributed by atoms with E-state index < -0.39 is 25.9 Å². The first-order valence-corrected chi connectivity index (χ1v) is 13.6. The van der Waals surface area contributed by atoms with Gasteiger partial charge in [-0.05, 0) is 61.4 Å². The minimum Gasteiger partial charge on any atom is -0.326 e. The van der Waals surface area contributed by atoms with Crippen LogP contribution >= 0.6 is 0 Å². The summed E-state index contributed by atoms with van der Waals surface area (Å²) in [6, 6.07) is 10.7. The van der Waals surface area contributed by atoms with Crippen molar-refractivity contribution in [1.82, 2.24) is 8.61 Å². The van der Waals surface area contributed by atoms with Crippen LogP contribution < -0.4 is 5.32 Å². The molecule has 0 saturated carbocycles. The highest BCUT2D eigenvalue weighted by molar-refractivity contribution is 7.89. The van der Waals surface area contributed by atoms with Crippen molar-refractivity contribution < 1.29 is 26.0 Å². The molecular weight excluding hydrogens is 469 g/mol. The van der Waals surface area contributed by atoms with Crippen molar-refractivity contribution in [3.8, 4) is 0 Å². The van der Waals surface area contributed by atoms with Crippen LogP contribution in [0.3, 0.4) is 0 Å². The summed E-state index contributed by atoms with van der Waals surface area (Å²) in [5.41, 5.74) is 0.483. The lowest BCUT2D eigenvalue weighted by molar-refractivity contribution is -0.120. The molecule has 0 aromatic heterocycles. The number of nitrogens with zero attached hydrogens (tertiary/aromatic N) is 2. The molecule has 0 atom stereocenters. The maximum absolute atomic E-state index is 13.0. The zero-order valence-electron chi connectivity index (χ0n) is 18.6.